The van der Waals surface area contributed by atoms with Gasteiger partial charge < -0.3 is 10.6 Å². The molecule has 194 valence electrons. The van der Waals surface area contributed by atoms with Crippen LogP contribution in [0.25, 0.3) is 0 Å². The van der Waals surface area contributed by atoms with Crippen LogP contribution in [0.5, 0.6) is 0 Å². The van der Waals surface area contributed by atoms with Crippen molar-refractivity contribution < 1.29 is 18.5 Å². The average molecular weight is 478 g/mol. The third-order valence-electron chi connectivity index (χ3n) is 5.22. The average Bonchev–Trinajstić information content (AvgIpc) is 2.77. The highest BCUT2D eigenvalue weighted by Gasteiger charge is 2.19. The summed E-state index contributed by atoms with van der Waals surface area (Å²) in [7, 11) is -3.75. The number of hydrogen-bond acceptors (Lipinski definition) is 4. The van der Waals surface area contributed by atoms with Crippen LogP contribution in [0.1, 0.15) is 136 Å². The lowest BCUT2D eigenvalue weighted by Gasteiger charge is -2.10. The van der Waals surface area contributed by atoms with Crippen LogP contribution < -0.4 is 5.73 Å². The van der Waals surface area contributed by atoms with E-state index in [-0.39, 0.29) is 13.2 Å². The zero-order valence-electron chi connectivity index (χ0n) is 21.7. The largest absolute Gasteiger partial charge is 0.472 e. The number of phosphoric ester groups is 1. The summed E-state index contributed by atoms with van der Waals surface area (Å²) in [5, 5.41) is 0. The van der Waals surface area contributed by atoms with Crippen LogP contribution >= 0.6 is 7.82 Å². The second-order valence-corrected chi connectivity index (χ2v) is 10.0. The van der Waals surface area contributed by atoms with Crippen LogP contribution in [-0.4, -0.2) is 24.7 Å². The van der Waals surface area contributed by atoms with E-state index < -0.39 is 7.82 Å². The molecule has 0 aromatic heterocycles. The standard InChI is InChI=1S/C18H37N.C8H19O4P/c1-2-3-4-5-6-7-8-9-10-11-12-13-14-15-16-17-18-19;1-3-5-7-11-13(9,10)12-8-6-4-2/h9-10H,2-8,11-19H2,1H3;3-8H2,1-2H3,(H,9,10)/b10-9-;. The highest BCUT2D eigenvalue weighted by Crippen LogP contribution is 2.43. The monoisotopic (exact) mass is 477 g/mol. The molecule has 0 saturated heterocycles. The van der Waals surface area contributed by atoms with Gasteiger partial charge in [-0.15, -0.1) is 0 Å². The zero-order chi connectivity index (χ0) is 24.2. The Kier molecular flexibility index (Phi) is 30.6. The SMILES string of the molecule is CCCCCCCC/C=C\CCCCCCCCN.CCCCOP(=O)(O)OCCCC. The maximum atomic E-state index is 11.1. The summed E-state index contributed by atoms with van der Waals surface area (Å²) in [6.07, 6.45) is 27.3. The van der Waals surface area contributed by atoms with Crippen molar-refractivity contribution in [2.45, 2.75) is 136 Å². The van der Waals surface area contributed by atoms with Crippen LogP contribution in [0.4, 0.5) is 0 Å². The van der Waals surface area contributed by atoms with Crippen molar-refractivity contribution in [1.82, 2.24) is 0 Å². The van der Waals surface area contributed by atoms with Gasteiger partial charge in [0.05, 0.1) is 13.2 Å². The van der Waals surface area contributed by atoms with E-state index in [1.807, 2.05) is 13.8 Å². The summed E-state index contributed by atoms with van der Waals surface area (Å²) in [4.78, 5) is 9.08. The number of nitrogens with two attached hydrogens (primary N) is 1. The molecule has 0 amide bonds. The predicted octanol–water partition coefficient (Wildman–Crippen LogP) is 8.70. The summed E-state index contributed by atoms with van der Waals surface area (Å²) in [6.45, 7) is 7.70. The lowest BCUT2D eigenvalue weighted by Crippen LogP contribution is -1.98. The van der Waals surface area contributed by atoms with Gasteiger partial charge in [0.15, 0.2) is 0 Å². The molecular formula is C26H56NO4P. The van der Waals surface area contributed by atoms with Gasteiger partial charge in [-0.05, 0) is 51.5 Å². The Labute approximate surface area is 200 Å². The van der Waals surface area contributed by atoms with Crippen molar-refractivity contribution in [3.8, 4) is 0 Å². The number of allylic oxidation sites excluding steroid dienone is 2. The molecule has 0 aromatic rings. The van der Waals surface area contributed by atoms with E-state index in [4.69, 9.17) is 19.7 Å². The van der Waals surface area contributed by atoms with E-state index in [0.717, 1.165) is 32.2 Å². The van der Waals surface area contributed by atoms with Crippen molar-refractivity contribution >= 4 is 7.82 Å². The fraction of sp³-hybridized carbons (Fsp3) is 0.923. The van der Waals surface area contributed by atoms with Crippen LogP contribution in [0.2, 0.25) is 0 Å². The topological polar surface area (TPSA) is 81.8 Å². The molecular weight excluding hydrogens is 421 g/mol. The first-order chi connectivity index (χ1) is 15.5. The summed E-state index contributed by atoms with van der Waals surface area (Å²) in [5.74, 6) is 0. The first-order valence-electron chi connectivity index (χ1n) is 13.5. The van der Waals surface area contributed by atoms with Gasteiger partial charge in [-0.25, -0.2) is 4.57 Å². The minimum atomic E-state index is -3.75. The minimum absolute atomic E-state index is 0.288. The van der Waals surface area contributed by atoms with Gasteiger partial charge in [-0.1, -0.05) is 104 Å². The molecule has 0 aromatic carbocycles. The Morgan fingerprint density at radius 2 is 1.00 bits per heavy atom. The first kappa shape index (κ1) is 34.0. The Morgan fingerprint density at radius 3 is 1.41 bits per heavy atom. The Bertz CT molecular complexity index is 405. The minimum Gasteiger partial charge on any atom is -0.330 e. The molecule has 0 aliphatic carbocycles. The fourth-order valence-electron chi connectivity index (χ4n) is 3.08. The van der Waals surface area contributed by atoms with E-state index in [2.05, 4.69) is 19.1 Å². The van der Waals surface area contributed by atoms with E-state index in [9.17, 15) is 4.57 Å². The lowest BCUT2D eigenvalue weighted by molar-refractivity contribution is 0.146. The van der Waals surface area contributed by atoms with Crippen LogP contribution in [-0.2, 0) is 13.6 Å². The van der Waals surface area contributed by atoms with E-state index in [1.54, 1.807) is 0 Å². The summed E-state index contributed by atoms with van der Waals surface area (Å²) in [5.41, 5.74) is 5.47. The van der Waals surface area contributed by atoms with Gasteiger partial charge in [0.2, 0.25) is 0 Å². The van der Waals surface area contributed by atoms with Gasteiger partial charge in [0.1, 0.15) is 0 Å². The molecule has 0 aliphatic heterocycles. The summed E-state index contributed by atoms with van der Waals surface area (Å²) < 4.78 is 20.5. The highest BCUT2D eigenvalue weighted by molar-refractivity contribution is 7.47. The number of hydrogen-bond donors (Lipinski definition) is 2. The molecule has 0 rings (SSSR count). The van der Waals surface area contributed by atoms with Crippen molar-refractivity contribution in [1.29, 1.82) is 0 Å². The predicted molar refractivity (Wildman–Crippen MR) is 140 cm³/mol. The van der Waals surface area contributed by atoms with Crippen molar-refractivity contribution in [2.24, 2.45) is 5.73 Å². The highest BCUT2D eigenvalue weighted by atomic mass is 31.2. The van der Waals surface area contributed by atoms with E-state index in [0.29, 0.717) is 0 Å². The zero-order valence-corrected chi connectivity index (χ0v) is 22.6. The lowest BCUT2D eigenvalue weighted by atomic mass is 10.1. The molecule has 0 spiro atoms. The van der Waals surface area contributed by atoms with Crippen molar-refractivity contribution in [3.63, 3.8) is 0 Å². The Balaban J connectivity index is 0. The molecule has 0 atom stereocenters. The summed E-state index contributed by atoms with van der Waals surface area (Å²) in [6, 6.07) is 0. The third-order valence-corrected chi connectivity index (χ3v) is 6.24. The molecule has 0 fully saturated rings. The number of unbranched alkanes of at least 4 members (excludes halogenated alkanes) is 14. The van der Waals surface area contributed by atoms with Gasteiger partial charge in [0, 0.05) is 0 Å². The molecule has 32 heavy (non-hydrogen) atoms. The summed E-state index contributed by atoms with van der Waals surface area (Å²) >= 11 is 0. The molecule has 0 unspecified atom stereocenters. The van der Waals surface area contributed by atoms with E-state index in [1.165, 1.54) is 89.9 Å². The molecule has 5 nitrogen and oxygen atoms in total. The number of phosphoric acid groups is 1. The molecule has 0 bridgehead atoms. The second-order valence-electron chi connectivity index (χ2n) is 8.57. The normalized spacial score (nSPS) is 11.7. The molecule has 0 aliphatic rings. The number of rotatable bonds is 23. The molecule has 3 N–H and O–H groups in total. The quantitative estimate of drug-likeness (QED) is 0.0873. The van der Waals surface area contributed by atoms with Crippen LogP contribution in [0, 0.1) is 0 Å². The van der Waals surface area contributed by atoms with Gasteiger partial charge >= 0.3 is 7.82 Å². The van der Waals surface area contributed by atoms with Gasteiger partial charge in [-0.2, -0.15) is 0 Å². The van der Waals surface area contributed by atoms with Crippen molar-refractivity contribution in [2.75, 3.05) is 19.8 Å². The molecule has 0 radical (unpaired) electrons. The van der Waals surface area contributed by atoms with Crippen LogP contribution in [0.15, 0.2) is 12.2 Å². The van der Waals surface area contributed by atoms with Gasteiger partial charge in [-0.3, -0.25) is 9.05 Å². The van der Waals surface area contributed by atoms with Crippen LogP contribution in [0.3, 0.4) is 0 Å². The second kappa shape index (κ2) is 28.8. The first-order valence-corrected chi connectivity index (χ1v) is 15.0. The smallest absolute Gasteiger partial charge is 0.330 e. The molecule has 0 heterocycles. The van der Waals surface area contributed by atoms with E-state index >= 15 is 0 Å². The third kappa shape index (κ3) is 32.0. The molecule has 6 heteroatoms. The Hall–Kier alpha value is -0.190. The Morgan fingerprint density at radius 1 is 0.625 bits per heavy atom. The maximum absolute atomic E-state index is 11.1. The molecule has 0 saturated carbocycles. The van der Waals surface area contributed by atoms with Gasteiger partial charge in [0.25, 0.3) is 0 Å². The van der Waals surface area contributed by atoms with Crippen molar-refractivity contribution in [3.05, 3.63) is 12.2 Å². The fourth-order valence-corrected chi connectivity index (χ4v) is 3.87. The maximum Gasteiger partial charge on any atom is 0.472 e.